The van der Waals surface area contributed by atoms with Gasteiger partial charge in [0.1, 0.15) is 0 Å². The second-order valence-electron chi connectivity index (χ2n) is 8.39. The van der Waals surface area contributed by atoms with Gasteiger partial charge in [0, 0.05) is 24.6 Å². The van der Waals surface area contributed by atoms with Gasteiger partial charge in [0.2, 0.25) is 12.7 Å². The summed E-state index contributed by atoms with van der Waals surface area (Å²) >= 11 is 0. The third-order valence-corrected chi connectivity index (χ3v) is 6.63. The van der Waals surface area contributed by atoms with Crippen LogP contribution in [0.25, 0.3) is 0 Å². The number of carbonyl (C=O) groups excluding carboxylic acids is 2. The van der Waals surface area contributed by atoms with E-state index in [9.17, 15) is 30.0 Å². The first-order chi connectivity index (χ1) is 15.4. The summed E-state index contributed by atoms with van der Waals surface area (Å²) < 4.78 is 10.9. The van der Waals surface area contributed by atoms with Gasteiger partial charge in [-0.15, -0.1) is 0 Å². The number of hydrogen-bond acceptors (Lipinski definition) is 8. The predicted octanol–water partition coefficient (Wildman–Crippen LogP) is 1.71. The monoisotopic (exact) mass is 441 g/mol. The van der Waals surface area contributed by atoms with Crippen LogP contribution in [0.15, 0.2) is 24.3 Å². The Morgan fingerprint density at radius 2 is 1.62 bits per heavy atom. The van der Waals surface area contributed by atoms with Gasteiger partial charge in [0.05, 0.1) is 18.4 Å². The quantitative estimate of drug-likeness (QED) is 0.529. The first kappa shape index (κ1) is 20.4. The summed E-state index contributed by atoms with van der Waals surface area (Å²) in [7, 11) is 0. The Bertz CT molecular complexity index is 1080. The van der Waals surface area contributed by atoms with Crippen LogP contribution in [0.1, 0.15) is 40.2 Å². The van der Waals surface area contributed by atoms with E-state index in [1.807, 2.05) is 0 Å². The summed E-state index contributed by atoms with van der Waals surface area (Å²) in [6, 6.07) is 5.72. The fourth-order valence-corrected chi connectivity index (χ4v) is 5.07. The number of Topliss-reactive ketones (excluding diaryl/α,β-unsaturated/α-hetero) is 1. The molecular formula is C23H23NO8. The van der Waals surface area contributed by atoms with E-state index in [-0.39, 0.29) is 24.0 Å². The number of aliphatic hydroxyl groups is 1. The molecule has 9 heteroatoms. The number of nitrogens with zero attached hydrogens (tertiary/aromatic N) is 1. The van der Waals surface area contributed by atoms with Crippen LogP contribution in [0.3, 0.4) is 0 Å². The van der Waals surface area contributed by atoms with E-state index in [2.05, 4.69) is 0 Å². The van der Waals surface area contributed by atoms with E-state index >= 15 is 0 Å². The zero-order valence-corrected chi connectivity index (χ0v) is 17.2. The Labute approximate surface area is 183 Å². The lowest BCUT2D eigenvalue weighted by Crippen LogP contribution is -2.47. The van der Waals surface area contributed by atoms with Crippen LogP contribution < -0.4 is 9.47 Å². The number of fused-ring (bicyclic) bond motifs is 2. The van der Waals surface area contributed by atoms with Crippen LogP contribution in [-0.4, -0.2) is 63.5 Å². The van der Waals surface area contributed by atoms with Crippen molar-refractivity contribution in [3.63, 3.8) is 0 Å². The number of amides is 1. The van der Waals surface area contributed by atoms with Gasteiger partial charge in [-0.2, -0.15) is 0 Å². The molecule has 0 unspecified atom stereocenters. The second-order valence-corrected chi connectivity index (χ2v) is 8.39. The zero-order chi connectivity index (χ0) is 22.6. The van der Waals surface area contributed by atoms with Crippen molar-refractivity contribution >= 4 is 11.7 Å². The molecule has 2 aliphatic heterocycles. The van der Waals surface area contributed by atoms with Crippen LogP contribution in [-0.2, 0) is 4.79 Å². The van der Waals surface area contributed by atoms with Crippen LogP contribution in [0.5, 0.6) is 28.7 Å². The molecule has 168 valence electrons. The lowest BCUT2D eigenvalue weighted by atomic mass is 9.65. The van der Waals surface area contributed by atoms with Crippen molar-refractivity contribution in [3.05, 3.63) is 41.0 Å². The van der Waals surface area contributed by atoms with Crippen molar-refractivity contribution < 1.29 is 39.5 Å². The van der Waals surface area contributed by atoms with E-state index < -0.39 is 41.6 Å². The van der Waals surface area contributed by atoms with Gasteiger partial charge in [-0.3, -0.25) is 9.59 Å². The molecule has 0 radical (unpaired) electrons. The first-order valence-electron chi connectivity index (χ1n) is 10.5. The molecule has 2 heterocycles. The third-order valence-electron chi connectivity index (χ3n) is 6.63. The van der Waals surface area contributed by atoms with Crippen LogP contribution >= 0.6 is 0 Å². The number of benzene rings is 2. The number of rotatable bonds is 3. The van der Waals surface area contributed by atoms with E-state index in [1.54, 1.807) is 17.0 Å². The summed E-state index contributed by atoms with van der Waals surface area (Å²) in [5, 5.41) is 40.3. The van der Waals surface area contributed by atoms with E-state index in [0.717, 1.165) is 12.8 Å². The molecule has 0 aromatic heterocycles. The lowest BCUT2D eigenvalue weighted by molar-refractivity contribution is -0.137. The minimum absolute atomic E-state index is 0.00254. The number of ketones is 1. The molecule has 1 fully saturated rings. The van der Waals surface area contributed by atoms with Gasteiger partial charge >= 0.3 is 0 Å². The van der Waals surface area contributed by atoms with Crippen LogP contribution in [0.2, 0.25) is 0 Å². The summed E-state index contributed by atoms with van der Waals surface area (Å²) in [5.41, 5.74) is 1.10. The average Bonchev–Trinajstić information content (AvgIpc) is 3.47. The van der Waals surface area contributed by atoms with Crippen molar-refractivity contribution in [2.75, 3.05) is 26.5 Å². The molecule has 0 spiro atoms. The lowest BCUT2D eigenvalue weighted by Gasteiger charge is -2.39. The Hall–Kier alpha value is -3.46. The molecule has 4 N–H and O–H groups in total. The molecule has 2 aromatic rings. The topological polar surface area (TPSA) is 137 Å². The SMILES string of the molecule is O=C1c2cc3c(cc2[C@@H](c2cc(O)c(O)c(O)c2)[C@H](C(=O)N2CCCC2)[C@@H]1CO)OCO3. The maximum atomic E-state index is 13.6. The third kappa shape index (κ3) is 3.03. The minimum atomic E-state index is -1.01. The van der Waals surface area contributed by atoms with Crippen molar-refractivity contribution in [1.82, 2.24) is 4.90 Å². The van der Waals surface area contributed by atoms with Crippen molar-refractivity contribution in [2.24, 2.45) is 11.8 Å². The summed E-state index contributed by atoms with van der Waals surface area (Å²) in [5.74, 6) is -4.35. The average molecular weight is 441 g/mol. The zero-order valence-electron chi connectivity index (χ0n) is 17.2. The number of phenolic OH excluding ortho intramolecular Hbond substituents is 3. The Morgan fingerprint density at radius 1 is 1.00 bits per heavy atom. The molecule has 1 amide bonds. The summed E-state index contributed by atoms with van der Waals surface area (Å²) in [4.78, 5) is 28.7. The molecule has 3 atom stereocenters. The fourth-order valence-electron chi connectivity index (χ4n) is 5.07. The molecule has 2 aromatic carbocycles. The van der Waals surface area contributed by atoms with E-state index in [1.165, 1.54) is 12.1 Å². The molecule has 9 nitrogen and oxygen atoms in total. The second kappa shape index (κ2) is 7.59. The highest BCUT2D eigenvalue weighted by molar-refractivity contribution is 6.05. The summed E-state index contributed by atoms with van der Waals surface area (Å²) in [6.45, 7) is 0.587. The van der Waals surface area contributed by atoms with Gasteiger partial charge < -0.3 is 34.8 Å². The van der Waals surface area contributed by atoms with Crippen LogP contribution in [0.4, 0.5) is 0 Å². The number of likely N-dealkylation sites (tertiary alicyclic amines) is 1. The number of aliphatic hydroxyl groups excluding tert-OH is 1. The van der Waals surface area contributed by atoms with Gasteiger partial charge in [-0.1, -0.05) is 0 Å². The van der Waals surface area contributed by atoms with Gasteiger partial charge in [0.15, 0.2) is 34.5 Å². The van der Waals surface area contributed by atoms with Gasteiger partial charge in [-0.25, -0.2) is 0 Å². The maximum Gasteiger partial charge on any atom is 0.231 e. The van der Waals surface area contributed by atoms with E-state index in [0.29, 0.717) is 35.7 Å². The molecule has 0 saturated carbocycles. The minimum Gasteiger partial charge on any atom is -0.504 e. The molecule has 32 heavy (non-hydrogen) atoms. The Kier molecular flexibility index (Phi) is 4.85. The number of carbonyl (C=O) groups is 2. The largest absolute Gasteiger partial charge is 0.504 e. The van der Waals surface area contributed by atoms with Crippen molar-refractivity contribution in [3.8, 4) is 28.7 Å². The first-order valence-corrected chi connectivity index (χ1v) is 10.5. The van der Waals surface area contributed by atoms with E-state index in [4.69, 9.17) is 9.47 Å². The highest BCUT2D eigenvalue weighted by Crippen LogP contribution is 2.50. The maximum absolute atomic E-state index is 13.6. The normalized spacial score (nSPS) is 24.0. The molecule has 3 aliphatic rings. The van der Waals surface area contributed by atoms with Crippen molar-refractivity contribution in [1.29, 1.82) is 0 Å². The Morgan fingerprint density at radius 3 is 2.25 bits per heavy atom. The van der Waals surface area contributed by atoms with Crippen molar-refractivity contribution in [2.45, 2.75) is 18.8 Å². The summed E-state index contributed by atoms with van der Waals surface area (Å²) in [6.07, 6.45) is 1.72. The smallest absolute Gasteiger partial charge is 0.231 e. The molecular weight excluding hydrogens is 418 g/mol. The molecule has 1 aliphatic carbocycles. The number of phenols is 3. The molecule has 1 saturated heterocycles. The van der Waals surface area contributed by atoms with Crippen LogP contribution in [0, 0.1) is 11.8 Å². The van der Waals surface area contributed by atoms with Gasteiger partial charge in [-0.05, 0) is 48.2 Å². The number of aromatic hydroxyl groups is 3. The van der Waals surface area contributed by atoms with Gasteiger partial charge in [0.25, 0.3) is 0 Å². The predicted molar refractivity (Wildman–Crippen MR) is 110 cm³/mol. The molecule has 5 rings (SSSR count). The standard InChI is InChI=1S/C23H23NO8/c25-9-14-20(23(30)24-3-1-2-4-24)19(11-5-15(26)22(29)16(27)6-11)12-7-17-18(32-10-31-17)8-13(12)21(14)28/h5-8,14,19-20,25-27,29H,1-4,9-10H2/t14-,19+,20+/m0/s1. The molecule has 0 bridgehead atoms. The highest BCUT2D eigenvalue weighted by Gasteiger charge is 2.49. The fraction of sp³-hybridized carbons (Fsp3) is 0.391. The highest BCUT2D eigenvalue weighted by atomic mass is 16.7. The number of ether oxygens (including phenoxy) is 2. The number of hydrogen-bond donors (Lipinski definition) is 4. The Balaban J connectivity index is 1.74.